The molecule has 0 aliphatic heterocycles. The SMILES string of the molecule is CNCc1cc(S(=O)(=O)NC(C)c2ncn[nH]2)c(Br)s1. The summed E-state index contributed by atoms with van der Waals surface area (Å²) >= 11 is 4.69. The van der Waals surface area contributed by atoms with Crippen LogP contribution in [0.2, 0.25) is 0 Å². The summed E-state index contributed by atoms with van der Waals surface area (Å²) in [6.07, 6.45) is 1.34. The first-order chi connectivity index (χ1) is 9.44. The third-order valence-corrected chi connectivity index (χ3v) is 6.32. The van der Waals surface area contributed by atoms with Crippen LogP contribution in [0, 0.1) is 0 Å². The van der Waals surface area contributed by atoms with Gasteiger partial charge in [0.25, 0.3) is 0 Å². The van der Waals surface area contributed by atoms with Crippen LogP contribution in [-0.4, -0.2) is 30.6 Å². The van der Waals surface area contributed by atoms with Gasteiger partial charge in [-0.25, -0.2) is 18.1 Å². The van der Waals surface area contributed by atoms with Crippen LogP contribution < -0.4 is 10.0 Å². The van der Waals surface area contributed by atoms with Gasteiger partial charge in [0.2, 0.25) is 10.0 Å². The smallest absolute Gasteiger partial charge is 0.243 e. The molecule has 0 amide bonds. The predicted molar refractivity (Wildman–Crippen MR) is 79.9 cm³/mol. The Morgan fingerprint density at radius 2 is 2.30 bits per heavy atom. The van der Waals surface area contributed by atoms with Gasteiger partial charge in [-0.2, -0.15) is 5.10 Å². The highest BCUT2D eigenvalue weighted by Crippen LogP contribution is 2.32. The van der Waals surface area contributed by atoms with Gasteiger partial charge in [0.05, 0.1) is 9.83 Å². The molecule has 10 heteroatoms. The molecule has 3 N–H and O–H groups in total. The minimum atomic E-state index is -3.62. The molecule has 0 saturated carbocycles. The Morgan fingerprint density at radius 1 is 1.55 bits per heavy atom. The van der Waals surface area contributed by atoms with E-state index in [9.17, 15) is 8.42 Å². The first kappa shape index (κ1) is 15.6. The number of nitrogens with zero attached hydrogens (tertiary/aromatic N) is 2. The lowest BCUT2D eigenvalue weighted by Gasteiger charge is -2.10. The van der Waals surface area contributed by atoms with Gasteiger partial charge in [0.1, 0.15) is 17.0 Å². The average Bonchev–Trinajstić information content (AvgIpc) is 2.98. The molecule has 0 fully saturated rings. The minimum absolute atomic E-state index is 0.235. The number of hydrogen-bond acceptors (Lipinski definition) is 6. The van der Waals surface area contributed by atoms with E-state index in [-0.39, 0.29) is 4.90 Å². The number of aromatic nitrogens is 3. The van der Waals surface area contributed by atoms with Crippen molar-refractivity contribution < 1.29 is 8.42 Å². The molecule has 7 nitrogen and oxygen atoms in total. The van der Waals surface area contributed by atoms with Crippen molar-refractivity contribution in [3.8, 4) is 0 Å². The van der Waals surface area contributed by atoms with E-state index >= 15 is 0 Å². The topological polar surface area (TPSA) is 99.8 Å². The summed E-state index contributed by atoms with van der Waals surface area (Å²) in [4.78, 5) is 5.11. The number of aromatic amines is 1. The molecule has 0 aromatic carbocycles. The lowest BCUT2D eigenvalue weighted by atomic mass is 10.3. The first-order valence-electron chi connectivity index (χ1n) is 5.74. The lowest BCUT2D eigenvalue weighted by molar-refractivity contribution is 0.560. The van der Waals surface area contributed by atoms with Gasteiger partial charge >= 0.3 is 0 Å². The van der Waals surface area contributed by atoms with Crippen LogP contribution in [0.1, 0.15) is 23.7 Å². The summed E-state index contributed by atoms with van der Waals surface area (Å²) in [5.74, 6) is 0.468. The van der Waals surface area contributed by atoms with Gasteiger partial charge in [-0.05, 0) is 36.0 Å². The lowest BCUT2D eigenvalue weighted by Crippen LogP contribution is -2.27. The highest BCUT2D eigenvalue weighted by atomic mass is 79.9. The molecule has 0 aliphatic rings. The van der Waals surface area contributed by atoms with Gasteiger partial charge in [-0.1, -0.05) is 0 Å². The standard InChI is InChI=1S/C10H14BrN5O2S2/c1-6(10-13-5-14-15-10)16-20(17,18)8-3-7(4-12-2)19-9(8)11/h3,5-6,12,16H,4H2,1-2H3,(H,13,14,15). The molecule has 0 aliphatic carbocycles. The van der Waals surface area contributed by atoms with Gasteiger partial charge in [-0.3, -0.25) is 5.10 Å². The van der Waals surface area contributed by atoms with Crippen molar-refractivity contribution in [2.75, 3.05) is 7.05 Å². The third-order valence-electron chi connectivity index (χ3n) is 2.52. The van der Waals surface area contributed by atoms with E-state index in [2.05, 4.69) is 41.2 Å². The maximum atomic E-state index is 12.4. The molecule has 0 spiro atoms. The zero-order valence-electron chi connectivity index (χ0n) is 10.8. The molecule has 110 valence electrons. The van der Waals surface area contributed by atoms with E-state index in [1.165, 1.54) is 17.7 Å². The highest BCUT2D eigenvalue weighted by Gasteiger charge is 2.24. The Kier molecular flexibility index (Phi) is 4.91. The first-order valence-corrected chi connectivity index (χ1v) is 8.83. The molecule has 2 aromatic heterocycles. The van der Waals surface area contributed by atoms with Crippen LogP contribution in [0.15, 0.2) is 21.1 Å². The molecular weight excluding hydrogens is 366 g/mol. The van der Waals surface area contributed by atoms with Gasteiger partial charge in [-0.15, -0.1) is 11.3 Å². The summed E-state index contributed by atoms with van der Waals surface area (Å²) in [6, 6.07) is 1.17. The summed E-state index contributed by atoms with van der Waals surface area (Å²) in [5.41, 5.74) is 0. The zero-order valence-corrected chi connectivity index (χ0v) is 14.1. The van der Waals surface area contributed by atoms with Crippen molar-refractivity contribution >= 4 is 37.3 Å². The Bertz CT molecular complexity index is 668. The molecule has 0 saturated heterocycles. The minimum Gasteiger partial charge on any atom is -0.315 e. The van der Waals surface area contributed by atoms with Crippen LogP contribution >= 0.6 is 27.3 Å². The number of rotatable bonds is 6. The monoisotopic (exact) mass is 379 g/mol. The van der Waals surface area contributed by atoms with Crippen LogP contribution in [0.25, 0.3) is 0 Å². The summed E-state index contributed by atoms with van der Waals surface area (Å²) in [6.45, 7) is 2.32. The van der Waals surface area contributed by atoms with Gasteiger partial charge in [0, 0.05) is 11.4 Å². The van der Waals surface area contributed by atoms with Crippen molar-refractivity contribution in [1.82, 2.24) is 25.2 Å². The molecule has 20 heavy (non-hydrogen) atoms. The van der Waals surface area contributed by atoms with E-state index in [0.717, 1.165) is 4.88 Å². The molecule has 1 atom stereocenters. The summed E-state index contributed by atoms with van der Waals surface area (Å²) in [5, 5.41) is 9.34. The van der Waals surface area contributed by atoms with Crippen LogP contribution in [0.4, 0.5) is 0 Å². The number of nitrogens with one attached hydrogen (secondary N) is 3. The molecular formula is C10H14BrN5O2S2. The second kappa shape index (κ2) is 6.31. The maximum Gasteiger partial charge on any atom is 0.243 e. The van der Waals surface area contributed by atoms with Crippen molar-refractivity contribution in [1.29, 1.82) is 0 Å². The Labute approximate surface area is 129 Å². The molecule has 0 bridgehead atoms. The fraction of sp³-hybridized carbons (Fsp3) is 0.400. The van der Waals surface area contributed by atoms with Gasteiger partial charge in [0.15, 0.2) is 0 Å². The fourth-order valence-electron chi connectivity index (χ4n) is 1.62. The normalized spacial score (nSPS) is 13.6. The fourth-order valence-corrected chi connectivity index (χ4v) is 5.52. The average molecular weight is 380 g/mol. The van der Waals surface area contributed by atoms with Crippen LogP contribution in [0.3, 0.4) is 0 Å². The number of hydrogen-bond donors (Lipinski definition) is 3. The Balaban J connectivity index is 2.22. The molecule has 2 aromatic rings. The van der Waals surface area contributed by atoms with E-state index < -0.39 is 16.1 Å². The number of halogens is 1. The second-order valence-corrected chi connectivity index (χ2v) is 8.23. The largest absolute Gasteiger partial charge is 0.315 e. The molecule has 2 heterocycles. The third kappa shape index (κ3) is 3.44. The van der Waals surface area contributed by atoms with Crippen LogP contribution in [0.5, 0.6) is 0 Å². The Hall–Kier alpha value is -0.810. The molecule has 2 rings (SSSR count). The summed E-state index contributed by atoms with van der Waals surface area (Å²) in [7, 11) is -1.80. The van der Waals surface area contributed by atoms with Crippen molar-refractivity contribution in [2.24, 2.45) is 0 Å². The number of thiophene rings is 1. The van der Waals surface area contributed by atoms with Crippen molar-refractivity contribution in [3.05, 3.63) is 26.9 Å². The van der Waals surface area contributed by atoms with E-state index in [4.69, 9.17) is 0 Å². The quantitative estimate of drug-likeness (QED) is 0.703. The highest BCUT2D eigenvalue weighted by molar-refractivity contribution is 9.11. The molecule has 1 unspecified atom stereocenters. The summed E-state index contributed by atoms with van der Waals surface area (Å²) < 4.78 is 27.9. The van der Waals surface area contributed by atoms with Crippen LogP contribution in [-0.2, 0) is 16.6 Å². The van der Waals surface area contributed by atoms with Crippen molar-refractivity contribution in [2.45, 2.75) is 24.4 Å². The Morgan fingerprint density at radius 3 is 2.90 bits per heavy atom. The zero-order chi connectivity index (χ0) is 14.8. The maximum absolute atomic E-state index is 12.4. The predicted octanol–water partition coefficient (Wildman–Crippen LogP) is 1.39. The van der Waals surface area contributed by atoms with E-state index in [1.807, 2.05) is 7.05 Å². The van der Waals surface area contributed by atoms with E-state index in [0.29, 0.717) is 16.2 Å². The number of H-pyrrole nitrogens is 1. The van der Waals surface area contributed by atoms with E-state index in [1.54, 1.807) is 13.0 Å². The molecule has 0 radical (unpaired) electrons. The van der Waals surface area contributed by atoms with Crippen molar-refractivity contribution in [3.63, 3.8) is 0 Å². The number of sulfonamides is 1. The second-order valence-electron chi connectivity index (χ2n) is 4.09. The van der Waals surface area contributed by atoms with Gasteiger partial charge < -0.3 is 5.32 Å².